The predicted octanol–water partition coefficient (Wildman–Crippen LogP) is 2.51. The fraction of sp³-hybridized carbons (Fsp3) is 0.714. The second-order valence-electron chi connectivity index (χ2n) is 7.67. The van der Waals surface area contributed by atoms with Crippen molar-refractivity contribution in [3.63, 3.8) is 0 Å². The van der Waals surface area contributed by atoms with Gasteiger partial charge in [0.1, 0.15) is 0 Å². The molecule has 0 saturated heterocycles. The summed E-state index contributed by atoms with van der Waals surface area (Å²) in [7, 11) is 0. The first-order chi connectivity index (χ1) is 12.5. The molecule has 0 aromatic heterocycles. The van der Waals surface area contributed by atoms with Crippen LogP contribution in [0.1, 0.15) is 69.5 Å². The van der Waals surface area contributed by atoms with Crippen LogP contribution in [-0.4, -0.2) is 44.0 Å². The summed E-state index contributed by atoms with van der Waals surface area (Å²) in [6, 6.07) is 9.55. The van der Waals surface area contributed by atoms with Gasteiger partial charge in [0.25, 0.3) is 0 Å². The van der Waals surface area contributed by atoms with Crippen LogP contribution in [0.15, 0.2) is 30.3 Å². The summed E-state index contributed by atoms with van der Waals surface area (Å²) >= 11 is 0. The minimum atomic E-state index is -1.22. The van der Waals surface area contributed by atoms with Crippen LogP contribution in [0.4, 0.5) is 0 Å². The highest BCUT2D eigenvalue weighted by Gasteiger charge is 2.40. The van der Waals surface area contributed by atoms with Crippen LogP contribution in [-0.2, 0) is 0 Å². The molecule has 5 heteroatoms. The number of hydrogen-bond acceptors (Lipinski definition) is 5. The van der Waals surface area contributed by atoms with E-state index in [1.165, 1.54) is 0 Å². The third-order valence-corrected chi connectivity index (χ3v) is 5.73. The van der Waals surface area contributed by atoms with E-state index in [0.717, 1.165) is 37.7 Å². The summed E-state index contributed by atoms with van der Waals surface area (Å²) in [4.78, 5) is 0. The van der Waals surface area contributed by atoms with Crippen LogP contribution in [0.5, 0.6) is 0 Å². The lowest BCUT2D eigenvalue weighted by molar-refractivity contribution is -0.0466. The zero-order valence-corrected chi connectivity index (χ0v) is 15.5. The molecular weight excluding hydrogens is 332 g/mol. The Kier molecular flexibility index (Phi) is 9.02. The smallest absolute Gasteiger partial charge is 0.151 e. The van der Waals surface area contributed by atoms with Gasteiger partial charge < -0.3 is 25.5 Å². The molecule has 148 valence electrons. The van der Waals surface area contributed by atoms with E-state index in [0.29, 0.717) is 25.7 Å². The minimum absolute atomic E-state index is 0.0302. The Bertz CT molecular complexity index is 492. The molecule has 0 bridgehead atoms. The van der Waals surface area contributed by atoms with Gasteiger partial charge >= 0.3 is 0 Å². The van der Waals surface area contributed by atoms with E-state index in [1.54, 1.807) is 0 Å². The molecule has 5 nitrogen and oxygen atoms in total. The standard InChI is InChI=1S/C21H34O5/c22-18(15-8-4-3-5-9-15)13-12-17-16(19(23)14-20(17)24)10-6-1-2-7-11-21(25)26/h3-5,8-9,16-26H,1-2,6-7,10-14H2/t16-,17?,18?,19+,20-/m1/s1. The van der Waals surface area contributed by atoms with Gasteiger partial charge in [-0.15, -0.1) is 0 Å². The van der Waals surface area contributed by atoms with Crippen LogP contribution >= 0.6 is 0 Å². The molecule has 2 unspecified atom stereocenters. The Balaban J connectivity index is 1.76. The monoisotopic (exact) mass is 366 g/mol. The van der Waals surface area contributed by atoms with Crippen molar-refractivity contribution in [3.05, 3.63) is 35.9 Å². The first-order valence-corrected chi connectivity index (χ1v) is 9.94. The van der Waals surface area contributed by atoms with E-state index in [4.69, 9.17) is 10.2 Å². The Morgan fingerprint density at radius 1 is 0.769 bits per heavy atom. The fourth-order valence-electron chi connectivity index (χ4n) is 4.23. The minimum Gasteiger partial charge on any atom is -0.393 e. The second-order valence-corrected chi connectivity index (χ2v) is 7.67. The van der Waals surface area contributed by atoms with E-state index in [1.807, 2.05) is 30.3 Å². The van der Waals surface area contributed by atoms with Crippen LogP contribution < -0.4 is 0 Å². The third kappa shape index (κ3) is 6.63. The average molecular weight is 366 g/mol. The fourth-order valence-corrected chi connectivity index (χ4v) is 4.23. The number of rotatable bonds is 11. The quantitative estimate of drug-likeness (QED) is 0.306. The summed E-state index contributed by atoms with van der Waals surface area (Å²) in [5.41, 5.74) is 0.892. The largest absolute Gasteiger partial charge is 0.393 e. The molecule has 5 atom stereocenters. The van der Waals surface area contributed by atoms with Crippen LogP contribution in [0.3, 0.4) is 0 Å². The van der Waals surface area contributed by atoms with Gasteiger partial charge in [-0.1, -0.05) is 49.6 Å². The van der Waals surface area contributed by atoms with Crippen molar-refractivity contribution in [1.29, 1.82) is 0 Å². The molecule has 1 aliphatic rings. The highest BCUT2D eigenvalue weighted by Crippen LogP contribution is 2.40. The van der Waals surface area contributed by atoms with Gasteiger partial charge in [0, 0.05) is 0 Å². The molecular formula is C21H34O5. The predicted molar refractivity (Wildman–Crippen MR) is 100 cm³/mol. The average Bonchev–Trinajstić information content (AvgIpc) is 2.89. The molecule has 1 aromatic rings. The number of hydrogen-bond donors (Lipinski definition) is 5. The van der Waals surface area contributed by atoms with Gasteiger partial charge in [-0.05, 0) is 55.9 Å². The van der Waals surface area contributed by atoms with Gasteiger partial charge in [-0.2, -0.15) is 0 Å². The van der Waals surface area contributed by atoms with E-state index in [9.17, 15) is 15.3 Å². The van der Waals surface area contributed by atoms with Crippen molar-refractivity contribution in [2.75, 3.05) is 0 Å². The van der Waals surface area contributed by atoms with Gasteiger partial charge in [-0.3, -0.25) is 0 Å². The highest BCUT2D eigenvalue weighted by molar-refractivity contribution is 5.17. The molecule has 2 rings (SSSR count). The summed E-state index contributed by atoms with van der Waals surface area (Å²) < 4.78 is 0. The normalized spacial score (nSPS) is 27.2. The zero-order valence-electron chi connectivity index (χ0n) is 15.5. The van der Waals surface area contributed by atoms with E-state index in [-0.39, 0.29) is 11.8 Å². The number of aliphatic hydroxyl groups excluding tert-OH is 4. The number of benzene rings is 1. The van der Waals surface area contributed by atoms with E-state index >= 15 is 0 Å². The lowest BCUT2D eigenvalue weighted by Gasteiger charge is -2.24. The molecule has 0 amide bonds. The Hall–Kier alpha value is -0.980. The molecule has 1 aromatic carbocycles. The van der Waals surface area contributed by atoms with Crippen LogP contribution in [0, 0.1) is 11.8 Å². The lowest BCUT2D eigenvalue weighted by Crippen LogP contribution is -2.23. The molecule has 26 heavy (non-hydrogen) atoms. The third-order valence-electron chi connectivity index (χ3n) is 5.73. The van der Waals surface area contributed by atoms with Gasteiger partial charge in [-0.25, -0.2) is 0 Å². The summed E-state index contributed by atoms with van der Waals surface area (Å²) in [6.45, 7) is 0. The molecule has 1 aliphatic carbocycles. The molecule has 0 spiro atoms. The molecule has 5 N–H and O–H groups in total. The maximum absolute atomic E-state index is 10.4. The maximum atomic E-state index is 10.4. The number of unbranched alkanes of at least 4 members (excludes halogenated alkanes) is 3. The van der Waals surface area contributed by atoms with Gasteiger partial charge in [0.2, 0.25) is 0 Å². The Labute approximate surface area is 156 Å². The first kappa shape index (κ1) is 21.3. The summed E-state index contributed by atoms with van der Waals surface area (Å²) in [5.74, 6) is 0.110. The van der Waals surface area contributed by atoms with Crippen molar-refractivity contribution < 1.29 is 25.5 Å². The summed E-state index contributed by atoms with van der Waals surface area (Å²) in [5, 5.41) is 48.7. The van der Waals surface area contributed by atoms with Crippen molar-refractivity contribution in [2.24, 2.45) is 11.8 Å². The van der Waals surface area contributed by atoms with Crippen LogP contribution in [0.2, 0.25) is 0 Å². The molecule has 1 fully saturated rings. The lowest BCUT2D eigenvalue weighted by atomic mass is 9.84. The topological polar surface area (TPSA) is 101 Å². The highest BCUT2D eigenvalue weighted by atomic mass is 16.5. The molecule has 1 saturated carbocycles. The van der Waals surface area contributed by atoms with Crippen molar-refractivity contribution in [2.45, 2.75) is 82.4 Å². The van der Waals surface area contributed by atoms with Crippen molar-refractivity contribution >= 4 is 0 Å². The van der Waals surface area contributed by atoms with Gasteiger partial charge in [0.05, 0.1) is 18.3 Å². The Morgan fingerprint density at radius 3 is 2.04 bits per heavy atom. The Morgan fingerprint density at radius 2 is 1.38 bits per heavy atom. The molecule has 0 radical (unpaired) electrons. The zero-order chi connectivity index (χ0) is 18.9. The van der Waals surface area contributed by atoms with E-state index < -0.39 is 24.6 Å². The van der Waals surface area contributed by atoms with Crippen molar-refractivity contribution in [1.82, 2.24) is 0 Å². The molecule has 0 aliphatic heterocycles. The SMILES string of the molecule is OC(O)CCCCCC[C@@H]1C(CCC(O)c2ccccc2)[C@H](O)C[C@@H]1O. The molecule has 0 heterocycles. The van der Waals surface area contributed by atoms with Crippen LogP contribution in [0.25, 0.3) is 0 Å². The maximum Gasteiger partial charge on any atom is 0.151 e. The van der Waals surface area contributed by atoms with Crippen molar-refractivity contribution in [3.8, 4) is 0 Å². The number of aliphatic hydroxyl groups is 5. The summed E-state index contributed by atoms with van der Waals surface area (Å²) in [6.07, 6.45) is 3.96. The van der Waals surface area contributed by atoms with Gasteiger partial charge in [0.15, 0.2) is 6.29 Å². The first-order valence-electron chi connectivity index (χ1n) is 9.94. The van der Waals surface area contributed by atoms with E-state index in [2.05, 4.69) is 0 Å². The second kappa shape index (κ2) is 11.0.